The molecular weight excluding hydrogens is 284 g/mol. The van der Waals surface area contributed by atoms with Gasteiger partial charge in [-0.1, -0.05) is 19.0 Å². The van der Waals surface area contributed by atoms with E-state index in [2.05, 4.69) is 20.2 Å². The predicted octanol–water partition coefficient (Wildman–Crippen LogP) is -0.209. The molecule has 0 radical (unpaired) electrons. The smallest absolute Gasteiger partial charge is 0.228 e. The third kappa shape index (κ3) is 6.62. The number of carbonyl (C=O) groups is 1. The predicted molar refractivity (Wildman–Crippen MR) is 72.6 cm³/mol. The van der Waals surface area contributed by atoms with E-state index in [9.17, 15) is 13.2 Å². The number of hydrogen-bond donors (Lipinski definition) is 2. The molecular formula is C11H20N4O4S. The van der Waals surface area contributed by atoms with E-state index in [-0.39, 0.29) is 24.8 Å². The molecule has 1 aromatic rings. The van der Waals surface area contributed by atoms with Crippen LogP contribution in [0.5, 0.6) is 0 Å². The van der Waals surface area contributed by atoms with Crippen LogP contribution in [0.25, 0.3) is 0 Å². The summed E-state index contributed by atoms with van der Waals surface area (Å²) in [5.41, 5.74) is 0. The number of rotatable bonds is 8. The van der Waals surface area contributed by atoms with Crippen molar-refractivity contribution >= 4 is 15.9 Å². The molecule has 0 bridgehead atoms. The second-order valence-corrected chi connectivity index (χ2v) is 6.55. The molecule has 0 fully saturated rings. The maximum atomic E-state index is 11.4. The number of nitrogens with one attached hydrogen (secondary N) is 2. The molecule has 9 heteroatoms. The van der Waals surface area contributed by atoms with Gasteiger partial charge < -0.3 is 9.84 Å². The molecule has 0 unspecified atom stereocenters. The molecule has 0 atom stereocenters. The minimum atomic E-state index is -3.25. The second kappa shape index (κ2) is 7.34. The van der Waals surface area contributed by atoms with E-state index in [1.807, 2.05) is 13.8 Å². The first-order chi connectivity index (χ1) is 9.28. The number of aromatic nitrogens is 2. The monoisotopic (exact) mass is 304 g/mol. The van der Waals surface area contributed by atoms with E-state index in [1.54, 1.807) is 0 Å². The van der Waals surface area contributed by atoms with Gasteiger partial charge in [-0.05, 0) is 0 Å². The van der Waals surface area contributed by atoms with Gasteiger partial charge in [0.15, 0.2) is 5.82 Å². The topological polar surface area (TPSA) is 114 Å². The molecule has 1 heterocycles. The number of carbonyl (C=O) groups excluding carboxylic acids is 1. The average molecular weight is 304 g/mol. The van der Waals surface area contributed by atoms with Crippen LogP contribution in [0.3, 0.4) is 0 Å². The van der Waals surface area contributed by atoms with Crippen LogP contribution in [0.2, 0.25) is 0 Å². The Morgan fingerprint density at radius 2 is 2.05 bits per heavy atom. The van der Waals surface area contributed by atoms with Crippen molar-refractivity contribution < 1.29 is 17.7 Å². The standard InChI is InChI=1S/C11H20N4O4S/c1-8(2)11-14-10(19-15-11)5-6-12-9(16)4-7-13-20(3,17)18/h8,13H,4-7H2,1-3H3,(H,12,16). The van der Waals surface area contributed by atoms with Crippen molar-refractivity contribution in [1.29, 1.82) is 0 Å². The molecule has 1 amide bonds. The first kappa shape index (κ1) is 16.6. The van der Waals surface area contributed by atoms with Gasteiger partial charge in [-0.2, -0.15) is 4.98 Å². The molecule has 0 saturated heterocycles. The van der Waals surface area contributed by atoms with Gasteiger partial charge in [-0.15, -0.1) is 0 Å². The van der Waals surface area contributed by atoms with Crippen molar-refractivity contribution in [3.05, 3.63) is 11.7 Å². The molecule has 1 rings (SSSR count). The summed E-state index contributed by atoms with van der Waals surface area (Å²) < 4.78 is 28.9. The van der Waals surface area contributed by atoms with E-state index in [0.717, 1.165) is 6.26 Å². The summed E-state index contributed by atoms with van der Waals surface area (Å²) in [6.07, 6.45) is 1.59. The highest BCUT2D eigenvalue weighted by atomic mass is 32.2. The maximum Gasteiger partial charge on any atom is 0.228 e. The highest BCUT2D eigenvalue weighted by Gasteiger charge is 2.10. The molecule has 0 aromatic carbocycles. The average Bonchev–Trinajstić information content (AvgIpc) is 2.76. The summed E-state index contributed by atoms with van der Waals surface area (Å²) >= 11 is 0. The largest absolute Gasteiger partial charge is 0.356 e. The molecule has 0 aliphatic carbocycles. The summed E-state index contributed by atoms with van der Waals surface area (Å²) in [6.45, 7) is 4.39. The van der Waals surface area contributed by atoms with Crippen LogP contribution in [0.15, 0.2) is 4.52 Å². The van der Waals surface area contributed by atoms with Gasteiger partial charge >= 0.3 is 0 Å². The van der Waals surface area contributed by atoms with E-state index in [4.69, 9.17) is 4.52 Å². The third-order valence-electron chi connectivity index (χ3n) is 2.38. The third-order valence-corrected chi connectivity index (χ3v) is 3.11. The van der Waals surface area contributed by atoms with Crippen LogP contribution in [0, 0.1) is 0 Å². The van der Waals surface area contributed by atoms with E-state index in [1.165, 1.54) is 0 Å². The van der Waals surface area contributed by atoms with E-state index < -0.39 is 10.0 Å². The highest BCUT2D eigenvalue weighted by Crippen LogP contribution is 2.09. The zero-order chi connectivity index (χ0) is 15.2. The molecule has 114 valence electrons. The summed E-state index contributed by atoms with van der Waals surface area (Å²) in [6, 6.07) is 0. The lowest BCUT2D eigenvalue weighted by molar-refractivity contribution is -0.120. The molecule has 1 aromatic heterocycles. The van der Waals surface area contributed by atoms with Crippen molar-refractivity contribution in [3.8, 4) is 0 Å². The molecule has 0 aliphatic rings. The summed E-state index contributed by atoms with van der Waals surface area (Å²) in [7, 11) is -3.25. The Bertz CT molecular complexity index is 538. The normalized spacial score (nSPS) is 11.8. The zero-order valence-electron chi connectivity index (χ0n) is 11.8. The Balaban J connectivity index is 2.21. The Hall–Kier alpha value is -1.48. The number of nitrogens with zero attached hydrogens (tertiary/aromatic N) is 2. The van der Waals surface area contributed by atoms with E-state index in [0.29, 0.717) is 24.7 Å². The fraction of sp³-hybridized carbons (Fsp3) is 0.727. The number of amides is 1. The van der Waals surface area contributed by atoms with Crippen molar-refractivity contribution in [1.82, 2.24) is 20.2 Å². The summed E-state index contributed by atoms with van der Waals surface area (Å²) in [5, 5.41) is 6.47. The maximum absolute atomic E-state index is 11.4. The lowest BCUT2D eigenvalue weighted by Gasteiger charge is -2.03. The van der Waals surface area contributed by atoms with Gasteiger partial charge in [0, 0.05) is 31.8 Å². The van der Waals surface area contributed by atoms with Gasteiger partial charge in [-0.25, -0.2) is 13.1 Å². The summed E-state index contributed by atoms with van der Waals surface area (Å²) in [4.78, 5) is 15.6. The van der Waals surface area contributed by atoms with Crippen LogP contribution in [0.4, 0.5) is 0 Å². The number of sulfonamides is 1. The lowest BCUT2D eigenvalue weighted by atomic mass is 10.2. The van der Waals surface area contributed by atoms with Crippen molar-refractivity contribution in [2.45, 2.75) is 32.6 Å². The second-order valence-electron chi connectivity index (χ2n) is 4.72. The van der Waals surface area contributed by atoms with Crippen molar-refractivity contribution in [2.24, 2.45) is 0 Å². The minimum Gasteiger partial charge on any atom is -0.356 e. The molecule has 0 aliphatic heterocycles. The van der Waals surface area contributed by atoms with Crippen molar-refractivity contribution in [3.63, 3.8) is 0 Å². The summed E-state index contributed by atoms with van der Waals surface area (Å²) in [5.74, 6) is 1.08. The molecule has 2 N–H and O–H groups in total. The Morgan fingerprint density at radius 1 is 1.35 bits per heavy atom. The van der Waals surface area contributed by atoms with Crippen LogP contribution in [-0.2, 0) is 21.2 Å². The van der Waals surface area contributed by atoms with Crippen LogP contribution >= 0.6 is 0 Å². The van der Waals surface area contributed by atoms with Gasteiger partial charge in [-0.3, -0.25) is 4.79 Å². The van der Waals surface area contributed by atoms with Crippen LogP contribution in [0.1, 0.15) is 37.9 Å². The fourth-order valence-electron chi connectivity index (χ4n) is 1.35. The zero-order valence-corrected chi connectivity index (χ0v) is 12.7. The Kier molecular flexibility index (Phi) is 6.08. The SMILES string of the molecule is CC(C)c1noc(CCNC(=O)CCNS(C)(=O)=O)n1. The van der Waals surface area contributed by atoms with Gasteiger partial charge in [0.25, 0.3) is 0 Å². The van der Waals surface area contributed by atoms with Crippen LogP contribution in [-0.4, -0.2) is 43.8 Å². The van der Waals surface area contributed by atoms with Gasteiger partial charge in [0.1, 0.15) is 0 Å². The minimum absolute atomic E-state index is 0.0860. The number of hydrogen-bond acceptors (Lipinski definition) is 6. The fourth-order valence-corrected chi connectivity index (χ4v) is 1.82. The van der Waals surface area contributed by atoms with Gasteiger partial charge in [0.2, 0.25) is 21.8 Å². The van der Waals surface area contributed by atoms with E-state index >= 15 is 0 Å². The molecule has 8 nitrogen and oxygen atoms in total. The highest BCUT2D eigenvalue weighted by molar-refractivity contribution is 7.88. The van der Waals surface area contributed by atoms with Gasteiger partial charge in [0.05, 0.1) is 6.26 Å². The van der Waals surface area contributed by atoms with Crippen LogP contribution < -0.4 is 10.0 Å². The quantitative estimate of drug-likeness (QED) is 0.687. The Morgan fingerprint density at radius 3 is 2.60 bits per heavy atom. The lowest BCUT2D eigenvalue weighted by Crippen LogP contribution is -2.31. The molecule has 0 saturated carbocycles. The first-order valence-corrected chi connectivity index (χ1v) is 8.21. The first-order valence-electron chi connectivity index (χ1n) is 6.31. The Labute approximate surface area is 118 Å². The molecule has 0 spiro atoms. The molecule has 20 heavy (non-hydrogen) atoms. The van der Waals surface area contributed by atoms with Crippen molar-refractivity contribution in [2.75, 3.05) is 19.3 Å².